The van der Waals surface area contributed by atoms with Gasteiger partial charge in [0.15, 0.2) is 0 Å². The predicted octanol–water partition coefficient (Wildman–Crippen LogP) is 3.55. The topological polar surface area (TPSA) is 103 Å². The number of aromatic nitrogens is 2. The highest BCUT2D eigenvalue weighted by atomic mass is 32.1. The minimum Gasteiger partial charge on any atom is -0.490 e. The molecule has 1 aliphatic rings. The fourth-order valence-electron chi connectivity index (χ4n) is 4.20. The van der Waals surface area contributed by atoms with Crippen molar-refractivity contribution in [2.75, 3.05) is 19.7 Å². The Labute approximate surface area is 197 Å². The van der Waals surface area contributed by atoms with Gasteiger partial charge in [-0.15, -0.1) is 10.2 Å². The number of aliphatic hydroxyl groups is 2. The number of aliphatic hydroxyl groups excluding tert-OH is 2. The van der Waals surface area contributed by atoms with Crippen LogP contribution in [0.15, 0.2) is 30.3 Å². The second-order valence-corrected chi connectivity index (χ2v) is 9.58. The first kappa shape index (κ1) is 23.3. The number of ether oxygens (including phenoxy) is 1. The van der Waals surface area contributed by atoms with Crippen LogP contribution in [0.4, 0.5) is 0 Å². The molecule has 0 spiro atoms. The Morgan fingerprint density at radius 3 is 2.73 bits per heavy atom. The van der Waals surface area contributed by atoms with Gasteiger partial charge in [0, 0.05) is 30.8 Å². The molecule has 8 heteroatoms. The van der Waals surface area contributed by atoms with Crippen molar-refractivity contribution in [3.8, 4) is 33.0 Å². The first-order valence-electron chi connectivity index (χ1n) is 11.1. The van der Waals surface area contributed by atoms with Crippen LogP contribution >= 0.6 is 11.3 Å². The molecule has 2 aromatic carbocycles. The smallest absolute Gasteiger partial charge is 0.148 e. The molecular formula is C25H28N4O3S. The largest absolute Gasteiger partial charge is 0.490 e. The molecule has 4 rings (SSSR count). The maximum absolute atomic E-state index is 9.76. The summed E-state index contributed by atoms with van der Waals surface area (Å²) >= 11 is 1.51. The predicted molar refractivity (Wildman–Crippen MR) is 128 cm³/mol. The minimum absolute atomic E-state index is 0.00473. The van der Waals surface area contributed by atoms with Crippen molar-refractivity contribution in [1.29, 1.82) is 5.26 Å². The summed E-state index contributed by atoms with van der Waals surface area (Å²) in [5, 5.41) is 38.9. The summed E-state index contributed by atoms with van der Waals surface area (Å²) in [7, 11) is 0. The number of nitrogens with zero attached hydrogens (tertiary/aromatic N) is 4. The highest BCUT2D eigenvalue weighted by Crippen LogP contribution is 2.36. The number of rotatable bonds is 7. The van der Waals surface area contributed by atoms with Crippen LogP contribution in [0.3, 0.4) is 0 Å². The van der Waals surface area contributed by atoms with Gasteiger partial charge in [0.25, 0.3) is 0 Å². The van der Waals surface area contributed by atoms with Crippen molar-refractivity contribution in [3.05, 3.63) is 52.6 Å². The Morgan fingerprint density at radius 1 is 1.21 bits per heavy atom. The maximum atomic E-state index is 9.76. The highest BCUT2D eigenvalue weighted by Gasteiger charge is 2.22. The minimum atomic E-state index is -0.709. The Hall–Kier alpha value is -2.83. The lowest BCUT2D eigenvalue weighted by molar-refractivity contribution is 0.0551. The van der Waals surface area contributed by atoms with Crippen LogP contribution in [-0.4, -0.2) is 57.2 Å². The van der Waals surface area contributed by atoms with Gasteiger partial charge in [-0.3, -0.25) is 4.90 Å². The standard InChI is InChI=1S/C25H28N4O3S/c1-15(2)32-23-7-5-17(10-19(23)11-26)24-27-28-25(33-24)22-6-4-18-12-29(13-20(31)14-30)9-8-21(18)16(22)3/h4-7,10,15,20,30-31H,8-9,12-14H2,1-3H3. The zero-order valence-corrected chi connectivity index (χ0v) is 19.9. The average Bonchev–Trinajstić information content (AvgIpc) is 3.29. The molecule has 7 nitrogen and oxygen atoms in total. The molecule has 0 bridgehead atoms. The van der Waals surface area contributed by atoms with E-state index in [4.69, 9.17) is 9.84 Å². The van der Waals surface area contributed by atoms with Crippen LogP contribution in [0.1, 0.15) is 36.1 Å². The number of nitriles is 1. The molecule has 2 N–H and O–H groups in total. The number of fused-ring (bicyclic) bond motifs is 1. The summed E-state index contributed by atoms with van der Waals surface area (Å²) in [5.74, 6) is 0.576. The van der Waals surface area contributed by atoms with E-state index in [9.17, 15) is 10.4 Å². The summed E-state index contributed by atoms with van der Waals surface area (Å²) in [6.07, 6.45) is 0.177. The molecule has 0 saturated carbocycles. The third-order valence-electron chi connectivity index (χ3n) is 5.81. The summed E-state index contributed by atoms with van der Waals surface area (Å²) in [5.41, 5.74) is 6.18. The molecule has 0 fully saturated rings. The van der Waals surface area contributed by atoms with Crippen LogP contribution in [0, 0.1) is 18.3 Å². The van der Waals surface area contributed by atoms with E-state index < -0.39 is 6.10 Å². The van der Waals surface area contributed by atoms with E-state index in [0.29, 0.717) is 17.9 Å². The molecule has 33 heavy (non-hydrogen) atoms. The highest BCUT2D eigenvalue weighted by molar-refractivity contribution is 7.17. The van der Waals surface area contributed by atoms with E-state index in [1.54, 1.807) is 6.07 Å². The van der Waals surface area contributed by atoms with Crippen molar-refractivity contribution in [2.45, 2.75) is 45.9 Å². The van der Waals surface area contributed by atoms with Crippen LogP contribution in [0.25, 0.3) is 21.1 Å². The summed E-state index contributed by atoms with van der Waals surface area (Å²) in [6, 6.07) is 12.0. The summed E-state index contributed by atoms with van der Waals surface area (Å²) < 4.78 is 5.72. The van der Waals surface area contributed by atoms with Gasteiger partial charge in [-0.05, 0) is 62.1 Å². The number of benzene rings is 2. The second kappa shape index (κ2) is 9.98. The fraction of sp³-hybridized carbons (Fsp3) is 0.400. The second-order valence-electron chi connectivity index (χ2n) is 8.60. The molecular weight excluding hydrogens is 436 g/mol. The van der Waals surface area contributed by atoms with Gasteiger partial charge < -0.3 is 14.9 Å². The molecule has 0 aliphatic carbocycles. The van der Waals surface area contributed by atoms with E-state index in [-0.39, 0.29) is 12.7 Å². The van der Waals surface area contributed by atoms with E-state index in [1.165, 1.54) is 28.0 Å². The molecule has 1 unspecified atom stereocenters. The zero-order valence-electron chi connectivity index (χ0n) is 19.1. The van der Waals surface area contributed by atoms with Crippen molar-refractivity contribution in [2.24, 2.45) is 0 Å². The molecule has 3 aromatic rings. The summed E-state index contributed by atoms with van der Waals surface area (Å²) in [6.45, 7) is 7.85. The molecule has 2 heterocycles. The van der Waals surface area contributed by atoms with Gasteiger partial charge in [0.2, 0.25) is 0 Å². The molecule has 0 radical (unpaired) electrons. The number of hydrogen-bond donors (Lipinski definition) is 2. The molecule has 1 atom stereocenters. The lowest BCUT2D eigenvalue weighted by atomic mass is 9.92. The Bertz CT molecular complexity index is 1180. The van der Waals surface area contributed by atoms with Crippen LogP contribution in [0.2, 0.25) is 0 Å². The van der Waals surface area contributed by atoms with Gasteiger partial charge in [-0.25, -0.2) is 0 Å². The van der Waals surface area contributed by atoms with Crippen LogP contribution < -0.4 is 4.74 Å². The van der Waals surface area contributed by atoms with E-state index >= 15 is 0 Å². The van der Waals surface area contributed by atoms with E-state index in [1.807, 2.05) is 26.0 Å². The quantitative estimate of drug-likeness (QED) is 0.551. The molecule has 172 valence electrons. The van der Waals surface area contributed by atoms with Gasteiger partial charge in [0.1, 0.15) is 21.8 Å². The molecule has 0 amide bonds. The normalized spacial score (nSPS) is 14.7. The Morgan fingerprint density at radius 2 is 2.00 bits per heavy atom. The SMILES string of the molecule is Cc1c(-c2nnc(-c3ccc(OC(C)C)c(C#N)c3)s2)ccc2c1CCN(CC(O)CO)C2. The Balaban J connectivity index is 1.58. The lowest BCUT2D eigenvalue weighted by Crippen LogP contribution is -2.38. The van der Waals surface area contributed by atoms with Gasteiger partial charge >= 0.3 is 0 Å². The zero-order chi connectivity index (χ0) is 23.5. The molecule has 0 saturated heterocycles. The lowest BCUT2D eigenvalue weighted by Gasteiger charge is -2.31. The monoisotopic (exact) mass is 464 g/mol. The van der Waals surface area contributed by atoms with Crippen LogP contribution in [-0.2, 0) is 13.0 Å². The van der Waals surface area contributed by atoms with E-state index in [2.05, 4.69) is 40.2 Å². The van der Waals surface area contributed by atoms with Gasteiger partial charge in [-0.2, -0.15) is 5.26 Å². The third-order valence-corrected chi connectivity index (χ3v) is 6.82. The van der Waals surface area contributed by atoms with Crippen molar-refractivity contribution >= 4 is 11.3 Å². The van der Waals surface area contributed by atoms with Gasteiger partial charge in [-0.1, -0.05) is 23.5 Å². The first-order chi connectivity index (χ1) is 15.9. The van der Waals surface area contributed by atoms with Gasteiger partial charge in [0.05, 0.1) is 24.4 Å². The maximum Gasteiger partial charge on any atom is 0.148 e. The Kier molecular flexibility index (Phi) is 7.05. The molecule has 1 aromatic heterocycles. The van der Waals surface area contributed by atoms with Crippen LogP contribution in [0.5, 0.6) is 5.75 Å². The fourth-order valence-corrected chi connectivity index (χ4v) is 5.12. The average molecular weight is 465 g/mol. The number of β-amino-alcohol motifs (C(OH)–C–C–N with tert-alkyl or cyclic N) is 1. The van der Waals surface area contributed by atoms with Crippen molar-refractivity contribution in [3.63, 3.8) is 0 Å². The van der Waals surface area contributed by atoms with Crippen molar-refractivity contribution < 1.29 is 14.9 Å². The van der Waals surface area contributed by atoms with E-state index in [0.717, 1.165) is 40.7 Å². The van der Waals surface area contributed by atoms with Crippen molar-refractivity contribution in [1.82, 2.24) is 15.1 Å². The first-order valence-corrected chi connectivity index (χ1v) is 11.9. The molecule has 1 aliphatic heterocycles. The summed E-state index contributed by atoms with van der Waals surface area (Å²) in [4.78, 5) is 2.17. The third kappa shape index (κ3) is 5.07. The number of hydrogen-bond acceptors (Lipinski definition) is 8.